The fourth-order valence-electron chi connectivity index (χ4n) is 6.46. The summed E-state index contributed by atoms with van der Waals surface area (Å²) in [7, 11) is -3.45. The van der Waals surface area contributed by atoms with Crippen molar-refractivity contribution in [2.75, 3.05) is 36.6 Å². The monoisotopic (exact) mass is 828 g/mol. The zero-order valence-corrected chi connectivity index (χ0v) is 31.8. The predicted molar refractivity (Wildman–Crippen MR) is 193 cm³/mol. The number of rotatable bonds is 17. The molecule has 2 aromatic carbocycles. The van der Waals surface area contributed by atoms with Crippen molar-refractivity contribution < 1.29 is 62.6 Å². The third-order valence-corrected chi connectivity index (χ3v) is 10.4. The smallest absolute Gasteiger partial charge is 0.416 e. The van der Waals surface area contributed by atoms with Crippen molar-refractivity contribution in [1.82, 2.24) is 4.90 Å². The third-order valence-electron chi connectivity index (χ3n) is 9.50. The molecule has 1 aliphatic rings. The number of hydrogen-bond acceptors (Lipinski definition) is 8. The highest BCUT2D eigenvalue weighted by Gasteiger charge is 2.38. The number of benzene rings is 2. The average Bonchev–Trinajstić information content (AvgIpc) is 3.09. The number of allylic oxidation sites excluding steroid dienone is 1. The van der Waals surface area contributed by atoms with Gasteiger partial charge in [0.25, 0.3) is 0 Å². The molecule has 1 unspecified atom stereocenters. The molecular weight excluding hydrogens is 783 g/mol. The summed E-state index contributed by atoms with van der Waals surface area (Å²) in [4.78, 5) is 18.3. The number of aliphatic carboxylic acids is 1. The van der Waals surface area contributed by atoms with Crippen molar-refractivity contribution in [1.29, 1.82) is 0 Å². The Morgan fingerprint density at radius 1 is 0.964 bits per heavy atom. The minimum absolute atomic E-state index is 0.00417. The van der Waals surface area contributed by atoms with Crippen LogP contribution < -0.4 is 10.6 Å². The van der Waals surface area contributed by atoms with E-state index >= 15 is 0 Å². The molecule has 19 heteroatoms. The number of alkyl halides is 9. The summed E-state index contributed by atoms with van der Waals surface area (Å²) in [6.07, 6.45) is -9.71. The summed E-state index contributed by atoms with van der Waals surface area (Å²) >= 11 is 0. The van der Waals surface area contributed by atoms with Crippen LogP contribution in [0.4, 0.5) is 45.2 Å². The molecule has 56 heavy (non-hydrogen) atoms. The van der Waals surface area contributed by atoms with Gasteiger partial charge in [-0.2, -0.15) is 39.5 Å². The first-order valence-electron chi connectivity index (χ1n) is 17.5. The first-order valence-corrected chi connectivity index (χ1v) is 19.6. The third kappa shape index (κ3) is 13.7. The molecule has 0 aliphatic heterocycles. The lowest BCUT2D eigenvalue weighted by Gasteiger charge is -2.36. The molecular formula is C37H45F9N4O5S. The van der Waals surface area contributed by atoms with Crippen molar-refractivity contribution in [3.8, 4) is 0 Å². The summed E-state index contributed by atoms with van der Waals surface area (Å²) in [5.41, 5.74) is 1.13. The van der Waals surface area contributed by atoms with Crippen molar-refractivity contribution >= 4 is 27.7 Å². The Kier molecular flexibility index (Phi) is 15.3. The number of anilines is 1. The Morgan fingerprint density at radius 3 is 2.00 bits per heavy atom. The molecule has 0 aromatic heterocycles. The number of ether oxygens (including phenoxy) is 1. The van der Waals surface area contributed by atoms with E-state index in [1.54, 1.807) is 6.92 Å². The van der Waals surface area contributed by atoms with Gasteiger partial charge in [0.15, 0.2) is 15.6 Å². The van der Waals surface area contributed by atoms with Crippen LogP contribution in [-0.4, -0.2) is 62.3 Å². The highest BCUT2D eigenvalue weighted by Crippen LogP contribution is 2.41. The van der Waals surface area contributed by atoms with Gasteiger partial charge in [-0.3, -0.25) is 4.79 Å². The number of nitrogens with two attached hydrogens (primary N) is 1. The average molecular weight is 829 g/mol. The number of halogens is 9. The second kappa shape index (κ2) is 18.7. The van der Waals surface area contributed by atoms with Crippen LogP contribution in [0.3, 0.4) is 0 Å². The van der Waals surface area contributed by atoms with Crippen LogP contribution in [0.1, 0.15) is 79.8 Å². The van der Waals surface area contributed by atoms with E-state index < -0.39 is 74.9 Å². The van der Waals surface area contributed by atoms with E-state index in [1.807, 2.05) is 4.90 Å². The molecule has 1 saturated carbocycles. The van der Waals surface area contributed by atoms with Crippen molar-refractivity contribution in [3.63, 3.8) is 0 Å². The number of hydrogen-bond donors (Lipinski definition) is 2. The minimum atomic E-state index is -5.19. The lowest BCUT2D eigenvalue weighted by molar-refractivity contribution is -0.143. The van der Waals surface area contributed by atoms with E-state index in [0.717, 1.165) is 35.7 Å². The number of aliphatic imine (C=N–C) groups is 1. The van der Waals surface area contributed by atoms with Gasteiger partial charge in [-0.25, -0.2) is 13.4 Å². The molecule has 3 N–H and O–H groups in total. The molecule has 2 aromatic rings. The zero-order chi connectivity index (χ0) is 42.2. The first-order chi connectivity index (χ1) is 25.8. The van der Waals surface area contributed by atoms with Crippen LogP contribution in [0.2, 0.25) is 0 Å². The molecule has 1 atom stereocenters. The van der Waals surface area contributed by atoms with E-state index in [0.29, 0.717) is 56.6 Å². The fraction of sp³-hybridized carbons (Fsp3) is 0.514. The number of carboxylic acids is 1. The number of carboxylic acid groups (broad SMARTS) is 1. The standard InChI is InChI=1S/C37H45F9N4O5S/c1-5-49(21-26-8-6-25(7-9-26)14-34(51)52)33-11-10-29(35(38,39)40)17-28(33)22-50(24(3)48-20-32(19-47)55-12-13-56(4,53)54)23(2)27-15-30(36(41,42)43)18-31(16-27)37(44,45)46/h10-11,15-20,23,25-26H,3,5-9,12-14,21-22,47H2,1-2,4H3,(H,51,52)/b32-19+,48-20-/t23?,25-,26-. The van der Waals surface area contributed by atoms with Gasteiger partial charge in [0, 0.05) is 44.2 Å². The van der Waals surface area contributed by atoms with Gasteiger partial charge >= 0.3 is 24.5 Å². The largest absolute Gasteiger partial charge is 0.489 e. The lowest BCUT2D eigenvalue weighted by Crippen LogP contribution is -2.33. The van der Waals surface area contributed by atoms with E-state index in [-0.39, 0.29) is 48.1 Å². The Morgan fingerprint density at radius 2 is 1.52 bits per heavy atom. The molecule has 0 amide bonds. The molecule has 9 nitrogen and oxygen atoms in total. The Labute approximate surface area is 319 Å². The van der Waals surface area contributed by atoms with Gasteiger partial charge in [-0.15, -0.1) is 0 Å². The second-order valence-electron chi connectivity index (χ2n) is 13.7. The molecule has 0 saturated heterocycles. The number of sulfone groups is 1. The molecule has 312 valence electrons. The van der Waals surface area contributed by atoms with Gasteiger partial charge in [0.2, 0.25) is 0 Å². The lowest BCUT2D eigenvalue weighted by atomic mass is 9.80. The minimum Gasteiger partial charge on any atom is -0.489 e. The molecule has 1 fully saturated rings. The van der Waals surface area contributed by atoms with Crippen LogP contribution in [0.25, 0.3) is 0 Å². The normalized spacial score (nSPS) is 17.8. The highest BCUT2D eigenvalue weighted by atomic mass is 32.2. The predicted octanol–water partition coefficient (Wildman–Crippen LogP) is 8.82. The zero-order valence-electron chi connectivity index (χ0n) is 30.9. The van der Waals surface area contributed by atoms with Gasteiger partial charge in [-0.1, -0.05) is 6.58 Å². The van der Waals surface area contributed by atoms with E-state index in [9.17, 15) is 57.8 Å². The summed E-state index contributed by atoms with van der Waals surface area (Å²) in [5, 5.41) is 9.19. The molecule has 0 radical (unpaired) electrons. The molecule has 0 spiro atoms. The van der Waals surface area contributed by atoms with Crippen LogP contribution in [0.15, 0.2) is 65.7 Å². The van der Waals surface area contributed by atoms with E-state index in [1.165, 1.54) is 13.0 Å². The quantitative estimate of drug-likeness (QED) is 0.0922. The van der Waals surface area contributed by atoms with Crippen LogP contribution >= 0.6 is 0 Å². The number of carbonyl (C=O) groups is 1. The molecule has 1 aliphatic carbocycles. The second-order valence-corrected chi connectivity index (χ2v) is 16.0. The Bertz CT molecular complexity index is 1820. The molecule has 0 bridgehead atoms. The SMILES string of the molecule is C=C(/N=C\C(=C/N)OCCS(C)(=O)=O)N(Cc1cc(C(F)(F)F)ccc1N(CC)C[C@H]1CC[C@H](CC(=O)O)CC1)C(C)c1cc(C(F)(F)F)cc(C(F)(F)F)c1. The summed E-state index contributed by atoms with van der Waals surface area (Å²) in [5.74, 6) is -1.77. The molecule has 3 rings (SSSR count). The van der Waals surface area contributed by atoms with Gasteiger partial charge in [0.05, 0.1) is 34.7 Å². The summed E-state index contributed by atoms with van der Waals surface area (Å²) in [6.45, 7) is 6.65. The van der Waals surface area contributed by atoms with Crippen LogP contribution in [-0.2, 0) is 44.4 Å². The van der Waals surface area contributed by atoms with Crippen LogP contribution in [0.5, 0.6) is 0 Å². The summed E-state index contributed by atoms with van der Waals surface area (Å²) < 4.78 is 154. The van der Waals surface area contributed by atoms with E-state index in [4.69, 9.17) is 10.5 Å². The maximum Gasteiger partial charge on any atom is 0.416 e. The Balaban J connectivity index is 2.14. The highest BCUT2D eigenvalue weighted by molar-refractivity contribution is 7.90. The van der Waals surface area contributed by atoms with Crippen LogP contribution in [0, 0.1) is 11.8 Å². The van der Waals surface area contributed by atoms with Gasteiger partial charge < -0.3 is 25.4 Å². The summed E-state index contributed by atoms with van der Waals surface area (Å²) in [6, 6.07) is 2.54. The van der Waals surface area contributed by atoms with Gasteiger partial charge in [0.1, 0.15) is 12.4 Å². The van der Waals surface area contributed by atoms with Crippen molar-refractivity contribution in [3.05, 3.63) is 88.6 Å². The van der Waals surface area contributed by atoms with Crippen molar-refractivity contribution in [2.45, 2.75) is 77.1 Å². The van der Waals surface area contributed by atoms with Crippen molar-refractivity contribution in [2.24, 2.45) is 22.6 Å². The molecule has 0 heterocycles. The number of nitrogens with zero attached hydrogens (tertiary/aromatic N) is 3. The Hall–Kier alpha value is -4.42. The first kappa shape index (κ1) is 46.0. The maximum absolute atomic E-state index is 14.1. The van der Waals surface area contributed by atoms with Gasteiger partial charge in [-0.05, 0) is 98.9 Å². The van der Waals surface area contributed by atoms with E-state index in [2.05, 4.69) is 11.6 Å². The fourth-order valence-corrected chi connectivity index (χ4v) is 6.84. The topological polar surface area (TPSA) is 126 Å². The maximum atomic E-state index is 14.1.